The number of allylic oxidation sites excluding steroid dienone is 8. The lowest BCUT2D eigenvalue weighted by atomic mass is 10.0. The van der Waals surface area contributed by atoms with Crippen LogP contribution in [0.25, 0.3) is 0 Å². The Balaban J connectivity index is 4.33. The van der Waals surface area contributed by atoms with Crippen molar-refractivity contribution >= 4 is 17.9 Å². The molecule has 0 bridgehead atoms. The Labute approximate surface area is 378 Å². The SMILES string of the molecule is CC/C=C\C/C=C\C/C=C\CCCCCCCCCC(=O)OCC(COC(=O)CCCCCCC/C=C\CCC)OC(=O)CCCCCCCCCCCCCCCCCC. The minimum Gasteiger partial charge on any atom is -0.462 e. The first-order chi connectivity index (χ1) is 30.0. The van der Waals surface area contributed by atoms with Gasteiger partial charge < -0.3 is 14.2 Å². The maximum atomic E-state index is 12.8. The highest BCUT2D eigenvalue weighted by molar-refractivity contribution is 5.71. The topological polar surface area (TPSA) is 78.9 Å². The smallest absolute Gasteiger partial charge is 0.306 e. The molecule has 0 fully saturated rings. The molecule has 6 heteroatoms. The van der Waals surface area contributed by atoms with Crippen LogP contribution < -0.4 is 0 Å². The average Bonchev–Trinajstić information content (AvgIpc) is 3.26. The maximum absolute atomic E-state index is 12.8. The Hall–Kier alpha value is -2.63. The van der Waals surface area contributed by atoms with E-state index < -0.39 is 6.10 Å². The van der Waals surface area contributed by atoms with E-state index in [1.54, 1.807) is 0 Å². The lowest BCUT2D eigenvalue weighted by Gasteiger charge is -2.18. The molecule has 0 spiro atoms. The summed E-state index contributed by atoms with van der Waals surface area (Å²) in [5, 5.41) is 0. The second-order valence-corrected chi connectivity index (χ2v) is 17.4. The van der Waals surface area contributed by atoms with Gasteiger partial charge in [-0.25, -0.2) is 0 Å². The third-order valence-corrected chi connectivity index (χ3v) is 11.3. The van der Waals surface area contributed by atoms with E-state index >= 15 is 0 Å². The van der Waals surface area contributed by atoms with Gasteiger partial charge in [-0.15, -0.1) is 0 Å². The summed E-state index contributed by atoms with van der Waals surface area (Å²) in [5.41, 5.74) is 0. The van der Waals surface area contributed by atoms with Crippen molar-refractivity contribution < 1.29 is 28.6 Å². The van der Waals surface area contributed by atoms with Gasteiger partial charge in [0.25, 0.3) is 0 Å². The number of hydrogen-bond acceptors (Lipinski definition) is 6. The van der Waals surface area contributed by atoms with E-state index in [0.717, 1.165) is 96.3 Å². The summed E-state index contributed by atoms with van der Waals surface area (Å²) < 4.78 is 16.8. The molecule has 0 aromatic carbocycles. The van der Waals surface area contributed by atoms with Gasteiger partial charge in [0.05, 0.1) is 0 Å². The molecule has 0 aromatic rings. The molecule has 0 N–H and O–H groups in total. The van der Waals surface area contributed by atoms with E-state index in [9.17, 15) is 14.4 Å². The minimum atomic E-state index is -0.776. The summed E-state index contributed by atoms with van der Waals surface area (Å²) in [5.74, 6) is -0.889. The fraction of sp³-hybridized carbons (Fsp3) is 0.800. The van der Waals surface area contributed by atoms with Crippen molar-refractivity contribution in [3.8, 4) is 0 Å². The summed E-state index contributed by atoms with van der Waals surface area (Å²) in [4.78, 5) is 37.9. The average molecular weight is 855 g/mol. The quantitative estimate of drug-likeness (QED) is 0.0263. The van der Waals surface area contributed by atoms with Crippen LogP contribution in [-0.4, -0.2) is 37.2 Å². The van der Waals surface area contributed by atoms with Crippen molar-refractivity contribution in [3.63, 3.8) is 0 Å². The molecule has 61 heavy (non-hydrogen) atoms. The molecular formula is C55H98O6. The first-order valence-corrected chi connectivity index (χ1v) is 26.1. The van der Waals surface area contributed by atoms with E-state index in [-0.39, 0.29) is 31.1 Å². The zero-order valence-corrected chi connectivity index (χ0v) is 40.4. The number of esters is 3. The molecule has 0 aliphatic heterocycles. The Morgan fingerprint density at radius 1 is 0.344 bits per heavy atom. The number of unbranched alkanes of at least 4 members (excludes halogenated alkanes) is 28. The van der Waals surface area contributed by atoms with Crippen molar-refractivity contribution in [1.29, 1.82) is 0 Å². The van der Waals surface area contributed by atoms with E-state index in [1.165, 1.54) is 128 Å². The first-order valence-electron chi connectivity index (χ1n) is 26.1. The summed E-state index contributed by atoms with van der Waals surface area (Å²) in [6, 6.07) is 0. The Morgan fingerprint density at radius 3 is 1.08 bits per heavy atom. The molecule has 1 unspecified atom stereocenters. The van der Waals surface area contributed by atoms with E-state index in [2.05, 4.69) is 69.4 Å². The van der Waals surface area contributed by atoms with Crippen LogP contribution in [0.1, 0.15) is 265 Å². The molecule has 354 valence electrons. The summed E-state index contributed by atoms with van der Waals surface area (Å²) in [7, 11) is 0. The van der Waals surface area contributed by atoms with Crippen molar-refractivity contribution in [2.24, 2.45) is 0 Å². The zero-order valence-electron chi connectivity index (χ0n) is 40.4. The number of ether oxygens (including phenoxy) is 3. The Kier molecular flexibility index (Phi) is 47.9. The third kappa shape index (κ3) is 48.3. The van der Waals surface area contributed by atoms with Crippen molar-refractivity contribution in [2.75, 3.05) is 13.2 Å². The van der Waals surface area contributed by atoms with Crippen LogP contribution in [0, 0.1) is 0 Å². The van der Waals surface area contributed by atoms with E-state index in [1.807, 2.05) is 0 Å². The summed E-state index contributed by atoms with van der Waals surface area (Å²) in [6.45, 7) is 6.47. The van der Waals surface area contributed by atoms with Crippen LogP contribution in [0.3, 0.4) is 0 Å². The van der Waals surface area contributed by atoms with E-state index in [0.29, 0.717) is 19.3 Å². The molecule has 0 radical (unpaired) electrons. The summed E-state index contributed by atoms with van der Waals surface area (Å²) in [6.07, 6.45) is 59.5. The molecule has 1 atom stereocenters. The van der Waals surface area contributed by atoms with Crippen molar-refractivity contribution in [3.05, 3.63) is 48.6 Å². The number of carbonyl (C=O) groups is 3. The maximum Gasteiger partial charge on any atom is 0.306 e. The number of carbonyl (C=O) groups excluding carboxylic acids is 3. The minimum absolute atomic E-state index is 0.0787. The molecule has 0 aliphatic rings. The highest BCUT2D eigenvalue weighted by Gasteiger charge is 2.19. The molecular weight excluding hydrogens is 757 g/mol. The van der Waals surface area contributed by atoms with Crippen LogP contribution in [-0.2, 0) is 28.6 Å². The van der Waals surface area contributed by atoms with Gasteiger partial charge in [-0.3, -0.25) is 14.4 Å². The number of hydrogen-bond donors (Lipinski definition) is 0. The zero-order chi connectivity index (χ0) is 44.4. The van der Waals surface area contributed by atoms with Gasteiger partial charge in [0.15, 0.2) is 6.10 Å². The first kappa shape index (κ1) is 58.4. The van der Waals surface area contributed by atoms with Crippen molar-refractivity contribution in [2.45, 2.75) is 271 Å². The van der Waals surface area contributed by atoms with Gasteiger partial charge in [0.1, 0.15) is 13.2 Å². The molecule has 6 nitrogen and oxygen atoms in total. The number of rotatable bonds is 47. The van der Waals surface area contributed by atoms with E-state index in [4.69, 9.17) is 14.2 Å². The standard InChI is InChI=1S/C55H98O6/c1-4-7-10-13-16-19-22-24-26-28-30-31-33-36-39-42-45-48-54(57)60-51-52(50-59-53(56)47-44-41-38-35-21-18-15-12-9-6-3)61-55(58)49-46-43-40-37-34-32-29-27-25-23-20-17-14-11-8-5-2/h7,10,12,15-16,19,24,26,52H,4-6,8-9,11,13-14,17-18,20-23,25,27-51H2,1-3H3/b10-7-,15-12-,19-16-,26-24-. The van der Waals surface area contributed by atoms with Crippen LogP contribution in [0.4, 0.5) is 0 Å². The van der Waals surface area contributed by atoms with Crippen LogP contribution in [0.15, 0.2) is 48.6 Å². The molecule has 0 amide bonds. The predicted molar refractivity (Wildman–Crippen MR) is 261 cm³/mol. The van der Waals surface area contributed by atoms with Crippen LogP contribution >= 0.6 is 0 Å². The highest BCUT2D eigenvalue weighted by atomic mass is 16.6. The Bertz CT molecular complexity index is 1070. The largest absolute Gasteiger partial charge is 0.462 e. The molecule has 0 aliphatic carbocycles. The van der Waals surface area contributed by atoms with Gasteiger partial charge in [0.2, 0.25) is 0 Å². The fourth-order valence-electron chi connectivity index (χ4n) is 7.40. The van der Waals surface area contributed by atoms with Gasteiger partial charge in [-0.05, 0) is 70.6 Å². The third-order valence-electron chi connectivity index (χ3n) is 11.3. The van der Waals surface area contributed by atoms with Crippen molar-refractivity contribution in [1.82, 2.24) is 0 Å². The molecule has 0 saturated heterocycles. The molecule has 0 saturated carbocycles. The monoisotopic (exact) mass is 855 g/mol. The highest BCUT2D eigenvalue weighted by Crippen LogP contribution is 2.16. The molecule has 0 heterocycles. The second-order valence-electron chi connectivity index (χ2n) is 17.4. The van der Waals surface area contributed by atoms with Crippen LogP contribution in [0.5, 0.6) is 0 Å². The van der Waals surface area contributed by atoms with Gasteiger partial charge >= 0.3 is 17.9 Å². The van der Waals surface area contributed by atoms with Gasteiger partial charge in [-0.1, -0.05) is 223 Å². The molecule has 0 aromatic heterocycles. The fourth-order valence-corrected chi connectivity index (χ4v) is 7.40. The summed E-state index contributed by atoms with van der Waals surface area (Å²) >= 11 is 0. The molecule has 0 rings (SSSR count). The lowest BCUT2D eigenvalue weighted by molar-refractivity contribution is -0.167. The normalized spacial score (nSPS) is 12.4. The van der Waals surface area contributed by atoms with Crippen LogP contribution in [0.2, 0.25) is 0 Å². The Morgan fingerprint density at radius 2 is 0.672 bits per heavy atom. The lowest BCUT2D eigenvalue weighted by Crippen LogP contribution is -2.30. The predicted octanol–water partition coefficient (Wildman–Crippen LogP) is 17.1. The van der Waals surface area contributed by atoms with Gasteiger partial charge in [0, 0.05) is 19.3 Å². The van der Waals surface area contributed by atoms with Gasteiger partial charge in [-0.2, -0.15) is 0 Å². The second kappa shape index (κ2) is 50.0.